The number of nitrogens with one attached hydrogen (secondary N) is 1. The Morgan fingerprint density at radius 1 is 1.09 bits per heavy atom. The first-order valence-electron chi connectivity index (χ1n) is 6.91. The quantitative estimate of drug-likeness (QED) is 0.888. The molecule has 0 aromatic heterocycles. The van der Waals surface area contributed by atoms with Crippen LogP contribution in [-0.4, -0.2) is 20.0 Å². The number of amides is 1. The molecule has 2 rings (SSSR count). The lowest BCUT2D eigenvalue weighted by Gasteiger charge is -2.17. The van der Waals surface area contributed by atoms with E-state index in [0.29, 0.717) is 15.6 Å². The minimum atomic E-state index is -0.203. The zero-order valence-electron chi connectivity index (χ0n) is 12.7. The highest BCUT2D eigenvalue weighted by atomic mass is 35.5. The second kappa shape index (κ2) is 7.03. The number of nitrogens with zero attached hydrogens (tertiary/aromatic N) is 1. The fourth-order valence-corrected chi connectivity index (χ4v) is 2.69. The summed E-state index contributed by atoms with van der Waals surface area (Å²) in [6, 6.07) is 12.5. The first-order valence-corrected chi connectivity index (χ1v) is 7.67. The lowest BCUT2D eigenvalue weighted by molar-refractivity contribution is 0.0940. The third kappa shape index (κ3) is 3.93. The Kier molecular flexibility index (Phi) is 5.33. The van der Waals surface area contributed by atoms with Gasteiger partial charge in [0, 0.05) is 35.4 Å². The third-order valence-electron chi connectivity index (χ3n) is 3.42. The van der Waals surface area contributed by atoms with Gasteiger partial charge in [0.25, 0.3) is 5.91 Å². The van der Waals surface area contributed by atoms with E-state index in [1.165, 1.54) is 0 Å². The molecular weight excluding hydrogens is 319 g/mol. The lowest BCUT2D eigenvalue weighted by Crippen LogP contribution is -2.26. The van der Waals surface area contributed by atoms with E-state index >= 15 is 0 Å². The molecule has 0 radical (unpaired) electrons. The molecule has 0 bridgehead atoms. The number of anilines is 1. The fourth-order valence-electron chi connectivity index (χ4n) is 2.12. The molecule has 0 aliphatic heterocycles. The van der Waals surface area contributed by atoms with E-state index in [1.54, 1.807) is 24.3 Å². The third-order valence-corrected chi connectivity index (χ3v) is 3.98. The molecule has 1 N–H and O–H groups in total. The predicted molar refractivity (Wildman–Crippen MR) is 93.1 cm³/mol. The molecule has 0 spiro atoms. The second-order valence-corrected chi connectivity index (χ2v) is 6.15. The molecule has 0 fully saturated rings. The van der Waals surface area contributed by atoms with Crippen molar-refractivity contribution in [3.05, 3.63) is 63.6 Å². The second-order valence-electron chi connectivity index (χ2n) is 5.30. The van der Waals surface area contributed by atoms with E-state index in [4.69, 9.17) is 23.2 Å². The van der Waals surface area contributed by atoms with Crippen molar-refractivity contribution in [1.82, 2.24) is 5.32 Å². The molecule has 0 aliphatic rings. The maximum Gasteiger partial charge on any atom is 0.251 e. The molecule has 5 heteroatoms. The molecule has 0 saturated heterocycles. The number of hydrogen-bond acceptors (Lipinski definition) is 2. The number of carbonyl (C=O) groups is 1. The summed E-state index contributed by atoms with van der Waals surface area (Å²) in [6.45, 7) is 1.89. The summed E-state index contributed by atoms with van der Waals surface area (Å²) in [5, 5.41) is 4.06. The van der Waals surface area contributed by atoms with E-state index in [9.17, 15) is 4.79 Å². The van der Waals surface area contributed by atoms with Crippen LogP contribution in [0.15, 0.2) is 42.5 Å². The number of benzene rings is 2. The maximum atomic E-state index is 12.3. The van der Waals surface area contributed by atoms with Crippen LogP contribution in [0.3, 0.4) is 0 Å². The van der Waals surface area contributed by atoms with Gasteiger partial charge < -0.3 is 10.2 Å². The molecule has 22 heavy (non-hydrogen) atoms. The molecule has 0 saturated carbocycles. The van der Waals surface area contributed by atoms with E-state index < -0.39 is 0 Å². The van der Waals surface area contributed by atoms with Crippen LogP contribution in [0.1, 0.15) is 28.9 Å². The molecule has 1 amide bonds. The Balaban J connectivity index is 2.10. The van der Waals surface area contributed by atoms with E-state index in [2.05, 4.69) is 5.32 Å². The van der Waals surface area contributed by atoms with Gasteiger partial charge in [-0.05, 0) is 48.9 Å². The van der Waals surface area contributed by atoms with Gasteiger partial charge in [-0.3, -0.25) is 4.79 Å². The number of carbonyl (C=O) groups excluding carboxylic acids is 1. The summed E-state index contributed by atoms with van der Waals surface area (Å²) in [5.41, 5.74) is 2.50. The fraction of sp³-hybridized carbons (Fsp3) is 0.235. The predicted octanol–water partition coefficient (Wildman–Crippen LogP) is 4.55. The molecule has 1 atom stereocenters. The monoisotopic (exact) mass is 336 g/mol. The van der Waals surface area contributed by atoms with Gasteiger partial charge in [0.15, 0.2) is 0 Å². The van der Waals surface area contributed by atoms with Crippen LogP contribution in [0, 0.1) is 0 Å². The molecule has 1 unspecified atom stereocenters. The van der Waals surface area contributed by atoms with Crippen molar-refractivity contribution < 1.29 is 4.79 Å². The zero-order chi connectivity index (χ0) is 16.3. The summed E-state index contributed by atoms with van der Waals surface area (Å²) < 4.78 is 0. The number of hydrogen-bond donors (Lipinski definition) is 1. The Bertz CT molecular complexity index is 669. The minimum Gasteiger partial charge on any atom is -0.378 e. The van der Waals surface area contributed by atoms with Crippen LogP contribution < -0.4 is 10.2 Å². The highest BCUT2D eigenvalue weighted by Gasteiger charge is 2.14. The van der Waals surface area contributed by atoms with Gasteiger partial charge in [-0.2, -0.15) is 0 Å². The number of halogens is 2. The molecule has 2 aromatic rings. The summed E-state index contributed by atoms with van der Waals surface area (Å²) in [5.74, 6) is -0.135. The van der Waals surface area contributed by atoms with Gasteiger partial charge in [-0.1, -0.05) is 29.3 Å². The van der Waals surface area contributed by atoms with Crippen molar-refractivity contribution in [2.45, 2.75) is 13.0 Å². The van der Waals surface area contributed by atoms with E-state index in [-0.39, 0.29) is 11.9 Å². The summed E-state index contributed by atoms with van der Waals surface area (Å²) >= 11 is 12.1. The van der Waals surface area contributed by atoms with Gasteiger partial charge in [-0.15, -0.1) is 0 Å². The van der Waals surface area contributed by atoms with Crippen LogP contribution in [-0.2, 0) is 0 Å². The Morgan fingerprint density at radius 2 is 1.73 bits per heavy atom. The molecule has 0 heterocycles. The van der Waals surface area contributed by atoms with Crippen molar-refractivity contribution in [3.8, 4) is 0 Å². The molecule has 3 nitrogen and oxygen atoms in total. The highest BCUT2D eigenvalue weighted by molar-refractivity contribution is 6.35. The van der Waals surface area contributed by atoms with E-state index in [0.717, 1.165) is 11.3 Å². The van der Waals surface area contributed by atoms with Crippen molar-refractivity contribution >= 4 is 34.8 Å². The van der Waals surface area contributed by atoms with Gasteiger partial charge >= 0.3 is 0 Å². The summed E-state index contributed by atoms with van der Waals surface area (Å²) in [7, 11) is 3.92. The first kappa shape index (κ1) is 16.7. The van der Waals surface area contributed by atoms with E-state index in [1.807, 2.05) is 44.1 Å². The van der Waals surface area contributed by atoms with Gasteiger partial charge in [0.1, 0.15) is 0 Å². The Hall–Kier alpha value is -1.71. The summed E-state index contributed by atoms with van der Waals surface area (Å²) in [6.07, 6.45) is 0. The van der Waals surface area contributed by atoms with Crippen molar-refractivity contribution in [3.63, 3.8) is 0 Å². The van der Waals surface area contributed by atoms with Crippen LogP contribution >= 0.6 is 23.2 Å². The zero-order valence-corrected chi connectivity index (χ0v) is 14.2. The normalized spacial score (nSPS) is 11.9. The first-order chi connectivity index (χ1) is 10.4. The summed E-state index contributed by atoms with van der Waals surface area (Å²) in [4.78, 5) is 14.3. The van der Waals surface area contributed by atoms with Gasteiger partial charge in [-0.25, -0.2) is 0 Å². The average Bonchev–Trinajstić information content (AvgIpc) is 2.47. The van der Waals surface area contributed by atoms with Crippen LogP contribution in [0.5, 0.6) is 0 Å². The minimum absolute atomic E-state index is 0.135. The average molecular weight is 337 g/mol. The highest BCUT2D eigenvalue weighted by Crippen LogP contribution is 2.26. The van der Waals surface area contributed by atoms with Crippen LogP contribution in [0.2, 0.25) is 10.0 Å². The topological polar surface area (TPSA) is 32.3 Å². The van der Waals surface area contributed by atoms with Crippen molar-refractivity contribution in [1.29, 1.82) is 0 Å². The SMILES string of the molecule is CC(NC(=O)c1ccc(N(C)C)cc1)c1ccc(Cl)cc1Cl. The van der Waals surface area contributed by atoms with Gasteiger partial charge in [0.05, 0.1) is 6.04 Å². The largest absolute Gasteiger partial charge is 0.378 e. The Morgan fingerprint density at radius 3 is 2.27 bits per heavy atom. The molecular formula is C17H18Cl2N2O. The molecule has 116 valence electrons. The van der Waals surface area contributed by atoms with Crippen LogP contribution in [0.4, 0.5) is 5.69 Å². The lowest BCUT2D eigenvalue weighted by atomic mass is 10.1. The molecule has 2 aromatic carbocycles. The van der Waals surface area contributed by atoms with Gasteiger partial charge in [0.2, 0.25) is 0 Å². The van der Waals surface area contributed by atoms with Crippen molar-refractivity contribution in [2.75, 3.05) is 19.0 Å². The van der Waals surface area contributed by atoms with Crippen molar-refractivity contribution in [2.24, 2.45) is 0 Å². The smallest absolute Gasteiger partial charge is 0.251 e. The van der Waals surface area contributed by atoms with Crippen LogP contribution in [0.25, 0.3) is 0 Å². The molecule has 0 aliphatic carbocycles. The standard InChI is InChI=1S/C17H18Cl2N2O/c1-11(15-9-6-13(18)10-16(15)19)20-17(22)12-4-7-14(8-5-12)21(2)3/h4-11H,1-3H3,(H,20,22). The Labute approximate surface area is 140 Å². The maximum absolute atomic E-state index is 12.3. The number of rotatable bonds is 4.